The van der Waals surface area contributed by atoms with E-state index in [9.17, 15) is 17.6 Å². The second-order valence-corrected chi connectivity index (χ2v) is 10.2. The van der Waals surface area contributed by atoms with Crippen molar-refractivity contribution in [2.75, 3.05) is 43.9 Å². The van der Waals surface area contributed by atoms with E-state index in [1.54, 1.807) is 30.3 Å². The van der Waals surface area contributed by atoms with Gasteiger partial charge in [-0.2, -0.15) is 0 Å². The molecule has 1 heterocycles. The number of likely N-dealkylation sites (N-methyl/N-ethyl adjacent to an activating group) is 1. The third-order valence-corrected chi connectivity index (χ3v) is 6.47. The van der Waals surface area contributed by atoms with Crippen molar-refractivity contribution in [2.45, 2.75) is 25.6 Å². The SMILES string of the molecule is CCN1CCN(c2ccc(F)cc2C(C)NC(=O)c2ccc(CS(C)(=O)=O)cc2)CC1. The number of carbonyl (C=O) groups is 1. The maximum absolute atomic E-state index is 14.0. The Labute approximate surface area is 184 Å². The number of piperazine rings is 1. The molecule has 2 aromatic carbocycles. The summed E-state index contributed by atoms with van der Waals surface area (Å²) in [4.78, 5) is 17.3. The zero-order valence-electron chi connectivity index (χ0n) is 18.3. The van der Waals surface area contributed by atoms with Gasteiger partial charge in [-0.3, -0.25) is 4.79 Å². The van der Waals surface area contributed by atoms with Crippen LogP contribution in [0.15, 0.2) is 42.5 Å². The molecule has 3 rings (SSSR count). The first-order valence-electron chi connectivity index (χ1n) is 10.5. The molecule has 168 valence electrons. The average molecular weight is 448 g/mol. The summed E-state index contributed by atoms with van der Waals surface area (Å²) in [6.45, 7) is 8.62. The molecule has 31 heavy (non-hydrogen) atoms. The Morgan fingerprint density at radius 3 is 2.32 bits per heavy atom. The number of hydrogen-bond donors (Lipinski definition) is 1. The van der Waals surface area contributed by atoms with Crippen LogP contribution in [0.25, 0.3) is 0 Å². The Morgan fingerprint density at radius 1 is 1.10 bits per heavy atom. The van der Waals surface area contributed by atoms with Crippen molar-refractivity contribution < 1.29 is 17.6 Å². The van der Waals surface area contributed by atoms with Crippen molar-refractivity contribution in [2.24, 2.45) is 0 Å². The van der Waals surface area contributed by atoms with Crippen molar-refractivity contribution in [3.8, 4) is 0 Å². The Bertz CT molecular complexity index is 1020. The summed E-state index contributed by atoms with van der Waals surface area (Å²) in [5.74, 6) is -0.690. The van der Waals surface area contributed by atoms with Crippen LogP contribution < -0.4 is 10.2 Å². The topological polar surface area (TPSA) is 69.7 Å². The third kappa shape index (κ3) is 6.27. The molecular weight excluding hydrogens is 417 g/mol. The van der Waals surface area contributed by atoms with Crippen LogP contribution in [0.5, 0.6) is 0 Å². The molecule has 1 aliphatic rings. The van der Waals surface area contributed by atoms with Gasteiger partial charge < -0.3 is 15.1 Å². The normalized spacial score (nSPS) is 16.2. The molecule has 1 fully saturated rings. The number of nitrogens with one attached hydrogen (secondary N) is 1. The molecule has 1 unspecified atom stereocenters. The van der Waals surface area contributed by atoms with Gasteiger partial charge in [-0.25, -0.2) is 12.8 Å². The van der Waals surface area contributed by atoms with Gasteiger partial charge in [0.15, 0.2) is 9.84 Å². The highest BCUT2D eigenvalue weighted by Crippen LogP contribution is 2.28. The van der Waals surface area contributed by atoms with Crippen molar-refractivity contribution in [3.63, 3.8) is 0 Å². The van der Waals surface area contributed by atoms with E-state index in [1.807, 2.05) is 6.92 Å². The van der Waals surface area contributed by atoms with Crippen LogP contribution in [0.3, 0.4) is 0 Å². The fourth-order valence-corrected chi connectivity index (χ4v) is 4.68. The van der Waals surface area contributed by atoms with Gasteiger partial charge in [0.2, 0.25) is 0 Å². The first-order chi connectivity index (χ1) is 14.7. The van der Waals surface area contributed by atoms with Gasteiger partial charge in [-0.15, -0.1) is 0 Å². The van der Waals surface area contributed by atoms with Crippen LogP contribution >= 0.6 is 0 Å². The monoisotopic (exact) mass is 447 g/mol. The Hall–Kier alpha value is -2.45. The van der Waals surface area contributed by atoms with E-state index in [2.05, 4.69) is 22.0 Å². The van der Waals surface area contributed by atoms with Gasteiger partial charge in [0.1, 0.15) is 5.82 Å². The maximum atomic E-state index is 14.0. The molecule has 1 N–H and O–H groups in total. The van der Waals surface area contributed by atoms with E-state index in [0.717, 1.165) is 44.0 Å². The first kappa shape index (κ1) is 23.2. The number of benzene rings is 2. The molecule has 1 aliphatic heterocycles. The standard InChI is InChI=1S/C23H30FN3O3S/c1-4-26-11-13-27(14-12-26)22-10-9-20(24)15-21(22)17(2)25-23(28)19-7-5-18(6-8-19)16-31(3,29)30/h5-10,15,17H,4,11-14,16H2,1-3H3,(H,25,28). The molecule has 0 aromatic heterocycles. The Morgan fingerprint density at radius 2 is 1.74 bits per heavy atom. The minimum absolute atomic E-state index is 0.0662. The second kappa shape index (κ2) is 9.78. The van der Waals surface area contributed by atoms with E-state index >= 15 is 0 Å². The number of sulfone groups is 1. The highest BCUT2D eigenvalue weighted by atomic mass is 32.2. The fourth-order valence-electron chi connectivity index (χ4n) is 3.88. The predicted octanol–water partition coefficient (Wildman–Crippen LogP) is 3.00. The van der Waals surface area contributed by atoms with Crippen LogP contribution in [0.4, 0.5) is 10.1 Å². The van der Waals surface area contributed by atoms with Crippen molar-refractivity contribution in [1.82, 2.24) is 10.2 Å². The molecule has 1 amide bonds. The Balaban J connectivity index is 1.73. The lowest BCUT2D eigenvalue weighted by atomic mass is 10.0. The number of anilines is 1. The van der Waals surface area contributed by atoms with Crippen molar-refractivity contribution >= 4 is 21.4 Å². The van der Waals surface area contributed by atoms with Crippen LogP contribution in [-0.4, -0.2) is 58.2 Å². The number of rotatable bonds is 7. The summed E-state index contributed by atoms with van der Waals surface area (Å²) in [5.41, 5.74) is 2.74. The molecule has 0 aliphatic carbocycles. The number of carbonyl (C=O) groups excluding carboxylic acids is 1. The highest BCUT2D eigenvalue weighted by Gasteiger charge is 2.22. The lowest BCUT2D eigenvalue weighted by molar-refractivity contribution is 0.0940. The lowest BCUT2D eigenvalue weighted by Crippen LogP contribution is -2.46. The van der Waals surface area contributed by atoms with Gasteiger partial charge in [0, 0.05) is 49.2 Å². The average Bonchev–Trinajstić information content (AvgIpc) is 2.73. The van der Waals surface area contributed by atoms with Gasteiger partial charge in [0.25, 0.3) is 5.91 Å². The third-order valence-electron chi connectivity index (χ3n) is 5.61. The van der Waals surface area contributed by atoms with E-state index in [0.29, 0.717) is 11.1 Å². The summed E-state index contributed by atoms with van der Waals surface area (Å²) in [6, 6.07) is 10.8. The largest absolute Gasteiger partial charge is 0.369 e. The fraction of sp³-hybridized carbons (Fsp3) is 0.435. The summed E-state index contributed by atoms with van der Waals surface area (Å²) in [7, 11) is -3.13. The molecule has 0 bridgehead atoms. The Kier molecular flexibility index (Phi) is 7.33. The van der Waals surface area contributed by atoms with Crippen LogP contribution in [0.1, 0.15) is 41.4 Å². The van der Waals surface area contributed by atoms with Crippen LogP contribution in [-0.2, 0) is 15.6 Å². The van der Waals surface area contributed by atoms with Gasteiger partial charge in [0.05, 0.1) is 11.8 Å². The van der Waals surface area contributed by atoms with E-state index in [1.165, 1.54) is 18.4 Å². The highest BCUT2D eigenvalue weighted by molar-refractivity contribution is 7.89. The molecule has 0 saturated carbocycles. The molecule has 6 nitrogen and oxygen atoms in total. The number of halogens is 1. The van der Waals surface area contributed by atoms with Crippen LogP contribution in [0, 0.1) is 5.82 Å². The quantitative estimate of drug-likeness (QED) is 0.707. The van der Waals surface area contributed by atoms with Crippen LogP contribution in [0.2, 0.25) is 0 Å². The predicted molar refractivity (Wildman–Crippen MR) is 122 cm³/mol. The number of nitrogens with zero attached hydrogens (tertiary/aromatic N) is 2. The van der Waals surface area contributed by atoms with E-state index in [4.69, 9.17) is 0 Å². The smallest absolute Gasteiger partial charge is 0.251 e. The van der Waals surface area contributed by atoms with Gasteiger partial charge in [-0.1, -0.05) is 19.1 Å². The summed E-state index contributed by atoms with van der Waals surface area (Å²) in [6.07, 6.45) is 1.17. The number of amides is 1. The van der Waals surface area contributed by atoms with Crippen molar-refractivity contribution in [1.29, 1.82) is 0 Å². The second-order valence-electron chi connectivity index (χ2n) is 8.09. The zero-order chi connectivity index (χ0) is 22.6. The molecule has 8 heteroatoms. The first-order valence-corrected chi connectivity index (χ1v) is 12.6. The van der Waals surface area contributed by atoms with Gasteiger partial charge in [-0.05, 0) is 49.4 Å². The van der Waals surface area contributed by atoms with Crippen molar-refractivity contribution in [3.05, 3.63) is 65.0 Å². The van der Waals surface area contributed by atoms with Gasteiger partial charge >= 0.3 is 0 Å². The summed E-state index contributed by atoms with van der Waals surface area (Å²) < 4.78 is 36.9. The molecule has 1 atom stereocenters. The molecule has 2 aromatic rings. The summed E-state index contributed by atoms with van der Waals surface area (Å²) >= 11 is 0. The summed E-state index contributed by atoms with van der Waals surface area (Å²) in [5, 5.41) is 2.95. The molecule has 0 spiro atoms. The minimum Gasteiger partial charge on any atom is -0.369 e. The van der Waals surface area contributed by atoms with E-state index in [-0.39, 0.29) is 17.5 Å². The van der Waals surface area contributed by atoms with E-state index < -0.39 is 15.9 Å². The minimum atomic E-state index is -3.13. The lowest BCUT2D eigenvalue weighted by Gasteiger charge is -2.37. The number of hydrogen-bond acceptors (Lipinski definition) is 5. The molecule has 0 radical (unpaired) electrons. The molecular formula is C23H30FN3O3S. The maximum Gasteiger partial charge on any atom is 0.251 e. The molecule has 1 saturated heterocycles. The zero-order valence-corrected chi connectivity index (χ0v) is 19.1.